The number of aromatic nitrogens is 2. The molecule has 0 atom stereocenters. The molecule has 0 amide bonds. The van der Waals surface area contributed by atoms with Gasteiger partial charge in [-0.1, -0.05) is 30.7 Å². The number of nitrogens with one attached hydrogen (secondary N) is 1. The number of fused-ring (bicyclic) bond motifs is 1. The van der Waals surface area contributed by atoms with Gasteiger partial charge in [-0.25, -0.2) is 0 Å². The average molecular weight is 181 g/mol. The SMILES string of the molecule is CCc1ccc2cn[nH]c2c1Cl. The van der Waals surface area contributed by atoms with E-state index in [9.17, 15) is 0 Å². The topological polar surface area (TPSA) is 28.7 Å². The van der Waals surface area contributed by atoms with Crippen molar-refractivity contribution < 1.29 is 0 Å². The van der Waals surface area contributed by atoms with Crippen molar-refractivity contribution in [1.82, 2.24) is 10.2 Å². The highest BCUT2D eigenvalue weighted by molar-refractivity contribution is 6.35. The highest BCUT2D eigenvalue weighted by Crippen LogP contribution is 2.25. The molecule has 1 aromatic carbocycles. The lowest BCUT2D eigenvalue weighted by molar-refractivity contribution is 1.11. The van der Waals surface area contributed by atoms with Crippen molar-refractivity contribution in [3.63, 3.8) is 0 Å². The van der Waals surface area contributed by atoms with Gasteiger partial charge in [0.05, 0.1) is 16.7 Å². The number of halogens is 1. The van der Waals surface area contributed by atoms with Gasteiger partial charge in [0.2, 0.25) is 0 Å². The molecule has 0 bridgehead atoms. The Kier molecular flexibility index (Phi) is 1.77. The fourth-order valence-corrected chi connectivity index (χ4v) is 1.64. The van der Waals surface area contributed by atoms with Gasteiger partial charge in [-0.3, -0.25) is 5.10 Å². The van der Waals surface area contributed by atoms with Crippen LogP contribution in [0.1, 0.15) is 12.5 Å². The smallest absolute Gasteiger partial charge is 0.0839 e. The summed E-state index contributed by atoms with van der Waals surface area (Å²) in [6, 6.07) is 4.07. The monoisotopic (exact) mass is 180 g/mol. The van der Waals surface area contributed by atoms with Crippen LogP contribution in [0.25, 0.3) is 10.9 Å². The lowest BCUT2D eigenvalue weighted by atomic mass is 10.1. The van der Waals surface area contributed by atoms with E-state index in [1.807, 2.05) is 12.1 Å². The molecule has 0 aliphatic heterocycles. The van der Waals surface area contributed by atoms with Gasteiger partial charge < -0.3 is 0 Å². The van der Waals surface area contributed by atoms with Crippen LogP contribution in [0.5, 0.6) is 0 Å². The van der Waals surface area contributed by atoms with E-state index >= 15 is 0 Å². The molecule has 0 unspecified atom stereocenters. The van der Waals surface area contributed by atoms with Gasteiger partial charge >= 0.3 is 0 Å². The van der Waals surface area contributed by atoms with Crippen LogP contribution in [0.3, 0.4) is 0 Å². The average Bonchev–Trinajstić information content (AvgIpc) is 2.53. The Labute approximate surface area is 75.5 Å². The zero-order chi connectivity index (χ0) is 8.55. The van der Waals surface area contributed by atoms with Gasteiger partial charge in [-0.2, -0.15) is 5.10 Å². The second kappa shape index (κ2) is 2.79. The molecule has 0 aliphatic carbocycles. The van der Waals surface area contributed by atoms with Crippen LogP contribution in [0, 0.1) is 0 Å². The van der Waals surface area contributed by atoms with Gasteiger partial charge in [0.1, 0.15) is 0 Å². The van der Waals surface area contributed by atoms with Gasteiger partial charge in [0.25, 0.3) is 0 Å². The van der Waals surface area contributed by atoms with E-state index in [2.05, 4.69) is 17.1 Å². The number of benzene rings is 1. The van der Waals surface area contributed by atoms with E-state index in [1.165, 1.54) is 0 Å². The standard InChI is InChI=1S/C9H9ClN2/c1-2-6-3-4-7-5-11-12-9(7)8(6)10/h3-5H,2H2,1H3,(H,11,12). The molecule has 0 radical (unpaired) electrons. The molecule has 2 nitrogen and oxygen atoms in total. The molecule has 1 aromatic heterocycles. The van der Waals surface area contributed by atoms with Gasteiger partial charge in [0.15, 0.2) is 0 Å². The van der Waals surface area contributed by atoms with E-state index in [4.69, 9.17) is 11.6 Å². The highest BCUT2D eigenvalue weighted by Gasteiger charge is 2.04. The van der Waals surface area contributed by atoms with Crippen LogP contribution in [-0.2, 0) is 6.42 Å². The Bertz CT molecular complexity index is 406. The fraction of sp³-hybridized carbons (Fsp3) is 0.222. The summed E-state index contributed by atoms with van der Waals surface area (Å²) >= 11 is 6.11. The minimum absolute atomic E-state index is 0.799. The normalized spacial score (nSPS) is 10.8. The summed E-state index contributed by atoms with van der Waals surface area (Å²) in [5, 5.41) is 8.67. The zero-order valence-electron chi connectivity index (χ0n) is 6.76. The van der Waals surface area contributed by atoms with Crippen molar-refractivity contribution in [3.8, 4) is 0 Å². The number of H-pyrrole nitrogens is 1. The van der Waals surface area contributed by atoms with Crippen LogP contribution in [-0.4, -0.2) is 10.2 Å². The maximum atomic E-state index is 6.11. The third-order valence-corrected chi connectivity index (χ3v) is 2.45. The minimum Gasteiger partial charge on any atom is -0.276 e. The van der Waals surface area contributed by atoms with Crippen molar-refractivity contribution >= 4 is 22.5 Å². The van der Waals surface area contributed by atoms with Gasteiger partial charge in [-0.15, -0.1) is 0 Å². The molecule has 0 saturated carbocycles. The molecule has 0 saturated heterocycles. The molecule has 12 heavy (non-hydrogen) atoms. The van der Waals surface area contributed by atoms with Crippen LogP contribution in [0.15, 0.2) is 18.3 Å². The van der Waals surface area contributed by atoms with Crippen molar-refractivity contribution in [1.29, 1.82) is 0 Å². The molecule has 0 spiro atoms. The summed E-state index contributed by atoms with van der Waals surface area (Å²) in [6.07, 6.45) is 2.73. The number of nitrogens with zero attached hydrogens (tertiary/aromatic N) is 1. The first-order chi connectivity index (χ1) is 5.83. The summed E-state index contributed by atoms with van der Waals surface area (Å²) in [5.74, 6) is 0. The van der Waals surface area contributed by atoms with E-state index in [1.54, 1.807) is 6.20 Å². The predicted octanol–water partition coefficient (Wildman–Crippen LogP) is 2.78. The molecule has 2 rings (SSSR count). The summed E-state index contributed by atoms with van der Waals surface area (Å²) in [7, 11) is 0. The number of hydrogen-bond acceptors (Lipinski definition) is 1. The first-order valence-electron chi connectivity index (χ1n) is 3.93. The molecule has 1 heterocycles. The Hall–Kier alpha value is -1.02. The molecule has 3 heteroatoms. The summed E-state index contributed by atoms with van der Waals surface area (Å²) in [4.78, 5) is 0. The summed E-state index contributed by atoms with van der Waals surface area (Å²) < 4.78 is 0. The van der Waals surface area contributed by atoms with Crippen LogP contribution in [0.4, 0.5) is 0 Å². The number of aryl methyl sites for hydroxylation is 1. The largest absolute Gasteiger partial charge is 0.276 e. The Morgan fingerprint density at radius 2 is 2.33 bits per heavy atom. The van der Waals surface area contributed by atoms with Gasteiger partial charge in [-0.05, 0) is 12.0 Å². The van der Waals surface area contributed by atoms with Crippen molar-refractivity contribution in [2.75, 3.05) is 0 Å². The number of aromatic amines is 1. The first-order valence-corrected chi connectivity index (χ1v) is 4.31. The molecule has 0 fully saturated rings. The second-order valence-electron chi connectivity index (χ2n) is 2.73. The van der Waals surface area contributed by atoms with Crippen molar-refractivity contribution in [3.05, 3.63) is 28.9 Å². The summed E-state index contributed by atoms with van der Waals surface area (Å²) in [6.45, 7) is 2.09. The highest BCUT2D eigenvalue weighted by atomic mass is 35.5. The Morgan fingerprint density at radius 1 is 1.50 bits per heavy atom. The van der Waals surface area contributed by atoms with E-state index < -0.39 is 0 Å². The maximum Gasteiger partial charge on any atom is 0.0839 e. The van der Waals surface area contributed by atoms with E-state index in [0.717, 1.165) is 27.9 Å². The lowest BCUT2D eigenvalue weighted by Gasteiger charge is -2.00. The van der Waals surface area contributed by atoms with Crippen molar-refractivity contribution in [2.24, 2.45) is 0 Å². The molecule has 1 N–H and O–H groups in total. The first kappa shape index (κ1) is 7.62. The molecular weight excluding hydrogens is 172 g/mol. The van der Waals surface area contributed by atoms with Gasteiger partial charge in [0, 0.05) is 5.39 Å². The Morgan fingerprint density at radius 3 is 3.08 bits per heavy atom. The van der Waals surface area contributed by atoms with Crippen molar-refractivity contribution in [2.45, 2.75) is 13.3 Å². The van der Waals surface area contributed by atoms with Crippen LogP contribution >= 0.6 is 11.6 Å². The zero-order valence-corrected chi connectivity index (χ0v) is 7.52. The molecule has 2 aromatic rings. The second-order valence-corrected chi connectivity index (χ2v) is 3.10. The third kappa shape index (κ3) is 0.994. The summed E-state index contributed by atoms with van der Waals surface area (Å²) in [5.41, 5.74) is 2.10. The van der Waals surface area contributed by atoms with Crippen LogP contribution < -0.4 is 0 Å². The number of hydrogen-bond donors (Lipinski definition) is 1. The molecule has 62 valence electrons. The fourth-order valence-electron chi connectivity index (χ4n) is 1.29. The minimum atomic E-state index is 0.799. The Balaban J connectivity index is 2.78. The predicted molar refractivity (Wildman–Crippen MR) is 50.5 cm³/mol. The maximum absolute atomic E-state index is 6.11. The quantitative estimate of drug-likeness (QED) is 0.719. The molecular formula is C9H9ClN2. The lowest BCUT2D eigenvalue weighted by Crippen LogP contribution is -1.82. The molecule has 0 aliphatic rings. The van der Waals surface area contributed by atoms with E-state index in [-0.39, 0.29) is 0 Å². The van der Waals surface area contributed by atoms with E-state index in [0.29, 0.717) is 0 Å². The van der Waals surface area contributed by atoms with Crippen LogP contribution in [0.2, 0.25) is 5.02 Å². The third-order valence-electron chi connectivity index (χ3n) is 2.02. The number of rotatable bonds is 1.